The summed E-state index contributed by atoms with van der Waals surface area (Å²) in [7, 11) is 2.01. The van der Waals surface area contributed by atoms with Crippen LogP contribution in [-0.4, -0.2) is 23.1 Å². The Morgan fingerprint density at radius 2 is 2.00 bits per heavy atom. The topological polar surface area (TPSA) is 29.9 Å². The van der Waals surface area contributed by atoms with Crippen LogP contribution in [0.4, 0.5) is 0 Å². The predicted octanol–water partition coefficient (Wildman–Crippen LogP) is 4.20. The Bertz CT molecular complexity index is 592. The monoisotopic (exact) mass is 367 g/mol. The van der Waals surface area contributed by atoms with E-state index in [0.29, 0.717) is 6.04 Å². The number of thioether (sulfide) groups is 1. The van der Waals surface area contributed by atoms with Crippen LogP contribution in [0.2, 0.25) is 0 Å². The molecule has 114 valence electrons. The van der Waals surface area contributed by atoms with Crippen molar-refractivity contribution >= 4 is 27.7 Å². The number of hydrogen-bond acceptors (Lipinski definition) is 3. The van der Waals surface area contributed by atoms with E-state index in [-0.39, 0.29) is 0 Å². The van der Waals surface area contributed by atoms with Gasteiger partial charge in [-0.05, 0) is 60.8 Å². The van der Waals surface area contributed by atoms with Crippen molar-refractivity contribution in [3.05, 3.63) is 45.7 Å². The fraction of sp³-hybridized carbons (Fsp3) is 0.438. The normalized spacial score (nSPS) is 12.6. The fourth-order valence-corrected chi connectivity index (χ4v) is 3.33. The molecule has 1 aromatic carbocycles. The minimum Gasteiger partial charge on any atom is -0.313 e. The van der Waals surface area contributed by atoms with Crippen LogP contribution in [0.1, 0.15) is 29.9 Å². The molecular weight excluding hydrogens is 346 g/mol. The first-order valence-corrected chi connectivity index (χ1v) is 9.15. The number of benzene rings is 1. The molecule has 0 spiro atoms. The third-order valence-corrected chi connectivity index (χ3v) is 5.49. The predicted molar refractivity (Wildman–Crippen MR) is 94.1 cm³/mol. The van der Waals surface area contributed by atoms with Gasteiger partial charge in [0.2, 0.25) is 0 Å². The Morgan fingerprint density at radius 3 is 2.52 bits per heavy atom. The standard InChI is InChI=1S/C16H22BrN3S/c1-5-20-15(16(17)11(2)19-20)10-14(18-3)12-6-8-13(21-4)9-7-12/h6-9,14,18H,5,10H2,1-4H3. The third-order valence-electron chi connectivity index (χ3n) is 3.72. The number of halogens is 1. The quantitative estimate of drug-likeness (QED) is 0.775. The second-order valence-corrected chi connectivity index (χ2v) is 6.65. The molecule has 2 aromatic rings. The maximum Gasteiger partial charge on any atom is 0.0738 e. The zero-order chi connectivity index (χ0) is 15.4. The molecule has 0 radical (unpaired) electrons. The molecule has 5 heteroatoms. The van der Waals surface area contributed by atoms with Gasteiger partial charge in [-0.25, -0.2) is 0 Å². The Kier molecular flexibility index (Phi) is 5.90. The van der Waals surface area contributed by atoms with Gasteiger partial charge in [-0.15, -0.1) is 11.8 Å². The van der Waals surface area contributed by atoms with E-state index < -0.39 is 0 Å². The Labute approximate surface area is 139 Å². The lowest BCUT2D eigenvalue weighted by Gasteiger charge is -2.18. The molecule has 21 heavy (non-hydrogen) atoms. The minimum atomic E-state index is 0.290. The number of aryl methyl sites for hydroxylation is 2. The third kappa shape index (κ3) is 3.71. The maximum absolute atomic E-state index is 4.58. The van der Waals surface area contributed by atoms with E-state index in [1.54, 1.807) is 11.8 Å². The highest BCUT2D eigenvalue weighted by Gasteiger charge is 2.17. The van der Waals surface area contributed by atoms with E-state index in [4.69, 9.17) is 0 Å². The molecule has 0 fully saturated rings. The number of rotatable bonds is 6. The van der Waals surface area contributed by atoms with E-state index in [1.807, 2.05) is 14.0 Å². The van der Waals surface area contributed by atoms with Crippen LogP contribution in [0.15, 0.2) is 33.6 Å². The molecule has 1 N–H and O–H groups in total. The molecular formula is C16H22BrN3S. The van der Waals surface area contributed by atoms with Crippen molar-refractivity contribution in [1.29, 1.82) is 0 Å². The van der Waals surface area contributed by atoms with Gasteiger partial charge in [0.15, 0.2) is 0 Å². The maximum atomic E-state index is 4.58. The number of likely N-dealkylation sites (N-methyl/N-ethyl adjacent to an activating group) is 1. The van der Waals surface area contributed by atoms with Gasteiger partial charge in [0, 0.05) is 23.9 Å². The lowest BCUT2D eigenvalue weighted by atomic mass is 10.0. The highest BCUT2D eigenvalue weighted by Crippen LogP contribution is 2.27. The van der Waals surface area contributed by atoms with Gasteiger partial charge in [-0.1, -0.05) is 12.1 Å². The van der Waals surface area contributed by atoms with E-state index in [9.17, 15) is 0 Å². The molecule has 0 aliphatic heterocycles. The van der Waals surface area contributed by atoms with Gasteiger partial charge >= 0.3 is 0 Å². The molecule has 0 bridgehead atoms. The Balaban J connectivity index is 2.26. The molecule has 1 atom stereocenters. The number of nitrogens with one attached hydrogen (secondary N) is 1. The molecule has 0 amide bonds. The van der Waals surface area contributed by atoms with Crippen LogP contribution < -0.4 is 5.32 Å². The smallest absolute Gasteiger partial charge is 0.0738 e. The molecule has 0 aliphatic rings. The van der Waals surface area contributed by atoms with E-state index in [1.165, 1.54) is 16.2 Å². The molecule has 3 nitrogen and oxygen atoms in total. The minimum absolute atomic E-state index is 0.290. The molecule has 1 heterocycles. The Hall–Kier alpha value is -0.780. The first kappa shape index (κ1) is 16.6. The van der Waals surface area contributed by atoms with Crippen molar-refractivity contribution in [2.45, 2.75) is 37.8 Å². The van der Waals surface area contributed by atoms with Crippen LogP contribution in [0.3, 0.4) is 0 Å². The largest absolute Gasteiger partial charge is 0.313 e. The highest BCUT2D eigenvalue weighted by molar-refractivity contribution is 9.10. The number of nitrogens with zero attached hydrogens (tertiary/aromatic N) is 2. The van der Waals surface area contributed by atoms with Gasteiger partial charge in [-0.2, -0.15) is 5.10 Å². The van der Waals surface area contributed by atoms with Gasteiger partial charge in [0.05, 0.1) is 15.9 Å². The van der Waals surface area contributed by atoms with Crippen LogP contribution in [0, 0.1) is 6.92 Å². The van der Waals surface area contributed by atoms with E-state index >= 15 is 0 Å². The van der Waals surface area contributed by atoms with Gasteiger partial charge in [-0.3, -0.25) is 4.68 Å². The summed E-state index contributed by atoms with van der Waals surface area (Å²) in [6.45, 7) is 5.06. The SMILES string of the molecule is CCn1nc(C)c(Br)c1CC(NC)c1ccc(SC)cc1. The molecule has 0 saturated heterocycles. The lowest BCUT2D eigenvalue weighted by Crippen LogP contribution is -2.20. The van der Waals surface area contributed by atoms with E-state index in [0.717, 1.165) is 23.1 Å². The Morgan fingerprint density at radius 1 is 1.33 bits per heavy atom. The van der Waals surface area contributed by atoms with Crippen molar-refractivity contribution in [2.24, 2.45) is 0 Å². The fourth-order valence-electron chi connectivity index (χ4n) is 2.48. The number of hydrogen-bond donors (Lipinski definition) is 1. The average Bonchev–Trinajstić information content (AvgIpc) is 2.80. The van der Waals surface area contributed by atoms with Crippen molar-refractivity contribution < 1.29 is 0 Å². The summed E-state index contributed by atoms with van der Waals surface area (Å²) in [5, 5.41) is 8.00. The van der Waals surface area contributed by atoms with Gasteiger partial charge in [0.25, 0.3) is 0 Å². The summed E-state index contributed by atoms with van der Waals surface area (Å²) in [4.78, 5) is 1.30. The van der Waals surface area contributed by atoms with Crippen molar-refractivity contribution in [3.63, 3.8) is 0 Å². The summed E-state index contributed by atoms with van der Waals surface area (Å²) in [5.74, 6) is 0. The van der Waals surface area contributed by atoms with Crippen molar-refractivity contribution in [3.8, 4) is 0 Å². The second kappa shape index (κ2) is 7.47. The average molecular weight is 368 g/mol. The van der Waals surface area contributed by atoms with Gasteiger partial charge < -0.3 is 5.32 Å². The summed E-state index contributed by atoms with van der Waals surface area (Å²) in [6.07, 6.45) is 3.02. The summed E-state index contributed by atoms with van der Waals surface area (Å²) < 4.78 is 3.21. The second-order valence-electron chi connectivity index (χ2n) is 4.98. The molecule has 1 unspecified atom stereocenters. The number of aromatic nitrogens is 2. The summed E-state index contributed by atoms with van der Waals surface area (Å²) in [5.41, 5.74) is 3.62. The van der Waals surface area contributed by atoms with E-state index in [2.05, 4.69) is 68.5 Å². The van der Waals surface area contributed by atoms with Crippen LogP contribution in [0.5, 0.6) is 0 Å². The molecule has 0 aliphatic carbocycles. The molecule has 2 rings (SSSR count). The highest BCUT2D eigenvalue weighted by atomic mass is 79.9. The zero-order valence-electron chi connectivity index (χ0n) is 13.0. The first-order valence-electron chi connectivity index (χ1n) is 7.13. The summed E-state index contributed by atoms with van der Waals surface area (Å²) >= 11 is 5.45. The first-order chi connectivity index (χ1) is 10.1. The lowest BCUT2D eigenvalue weighted by molar-refractivity contribution is 0.540. The van der Waals surface area contributed by atoms with Crippen LogP contribution in [0.25, 0.3) is 0 Å². The molecule has 1 aromatic heterocycles. The van der Waals surface area contributed by atoms with Gasteiger partial charge in [0.1, 0.15) is 0 Å². The van der Waals surface area contributed by atoms with Crippen LogP contribution in [-0.2, 0) is 13.0 Å². The summed E-state index contributed by atoms with van der Waals surface area (Å²) in [6, 6.07) is 9.07. The van der Waals surface area contributed by atoms with Crippen molar-refractivity contribution in [2.75, 3.05) is 13.3 Å². The zero-order valence-corrected chi connectivity index (χ0v) is 15.4. The van der Waals surface area contributed by atoms with Crippen molar-refractivity contribution in [1.82, 2.24) is 15.1 Å². The van der Waals surface area contributed by atoms with Crippen LogP contribution >= 0.6 is 27.7 Å². The molecule has 0 saturated carbocycles.